The van der Waals surface area contributed by atoms with Gasteiger partial charge in [-0.1, -0.05) is 13.8 Å². The minimum absolute atomic E-state index is 0.0580. The quantitative estimate of drug-likeness (QED) is 0.813. The molecule has 1 aromatic heterocycles. The smallest absolute Gasteiger partial charge is 0.242 e. The molecule has 1 atom stereocenters. The summed E-state index contributed by atoms with van der Waals surface area (Å²) >= 11 is 1.40. The molecule has 0 aliphatic carbocycles. The predicted octanol–water partition coefficient (Wildman–Crippen LogP) is 2.62. The summed E-state index contributed by atoms with van der Waals surface area (Å²) in [4.78, 5) is 1.09. The van der Waals surface area contributed by atoms with Gasteiger partial charge in [-0.3, -0.25) is 0 Å². The largest absolute Gasteiger partial charge is 0.326 e. The first kappa shape index (κ1) is 16.6. The van der Waals surface area contributed by atoms with Crippen molar-refractivity contribution >= 4 is 21.4 Å². The highest BCUT2D eigenvalue weighted by atomic mass is 32.2. The molecule has 0 spiro atoms. The summed E-state index contributed by atoms with van der Waals surface area (Å²) < 4.78 is 27.5. The molecule has 0 saturated carbocycles. The third kappa shape index (κ3) is 4.56. The van der Waals surface area contributed by atoms with Crippen LogP contribution < -0.4 is 10.5 Å². The first-order valence-electron chi connectivity index (χ1n) is 6.57. The van der Waals surface area contributed by atoms with Gasteiger partial charge in [-0.15, -0.1) is 11.3 Å². The number of hydrogen-bond donors (Lipinski definition) is 2. The fourth-order valence-corrected chi connectivity index (χ4v) is 4.94. The third-order valence-electron chi connectivity index (χ3n) is 2.98. The van der Waals surface area contributed by atoms with Crippen molar-refractivity contribution in [2.75, 3.05) is 0 Å². The molecule has 0 radical (unpaired) electrons. The lowest BCUT2D eigenvalue weighted by molar-refractivity contribution is 0.485. The average Bonchev–Trinajstić information content (AvgIpc) is 2.68. The maximum absolute atomic E-state index is 12.4. The van der Waals surface area contributed by atoms with Gasteiger partial charge in [0.25, 0.3) is 0 Å². The Hall–Kier alpha value is -0.430. The van der Waals surface area contributed by atoms with E-state index < -0.39 is 10.0 Å². The summed E-state index contributed by atoms with van der Waals surface area (Å²) in [6.45, 7) is 8.25. The second kappa shape index (κ2) is 6.83. The Labute approximate surface area is 120 Å². The van der Waals surface area contributed by atoms with Gasteiger partial charge in [0, 0.05) is 17.5 Å². The van der Waals surface area contributed by atoms with E-state index in [9.17, 15) is 8.42 Å². The SMILES string of the molecule is Cc1csc(CN)c1S(=O)(=O)NC(C)CCC(C)C. The molecule has 1 unspecified atom stereocenters. The molecule has 110 valence electrons. The molecular formula is C13H24N2O2S2. The van der Waals surface area contributed by atoms with E-state index in [1.165, 1.54) is 11.3 Å². The van der Waals surface area contributed by atoms with Crippen molar-refractivity contribution in [3.63, 3.8) is 0 Å². The normalized spacial score (nSPS) is 14.0. The molecule has 1 aromatic rings. The van der Waals surface area contributed by atoms with Crippen molar-refractivity contribution in [2.24, 2.45) is 11.7 Å². The summed E-state index contributed by atoms with van der Waals surface area (Å²) in [5.74, 6) is 0.578. The number of nitrogens with one attached hydrogen (secondary N) is 1. The topological polar surface area (TPSA) is 72.2 Å². The van der Waals surface area contributed by atoms with Crippen LogP contribution in [0.15, 0.2) is 10.3 Å². The number of nitrogens with two attached hydrogens (primary N) is 1. The predicted molar refractivity (Wildman–Crippen MR) is 80.8 cm³/mol. The van der Waals surface area contributed by atoms with Crippen LogP contribution in [0.2, 0.25) is 0 Å². The Morgan fingerprint density at radius 3 is 2.47 bits per heavy atom. The van der Waals surface area contributed by atoms with Crippen LogP contribution in [0.25, 0.3) is 0 Å². The number of aryl methyl sites for hydroxylation is 1. The molecule has 0 aliphatic rings. The summed E-state index contributed by atoms with van der Waals surface area (Å²) in [6, 6.07) is -0.0580. The highest BCUT2D eigenvalue weighted by molar-refractivity contribution is 7.89. The van der Waals surface area contributed by atoms with Gasteiger partial charge in [-0.2, -0.15) is 0 Å². The monoisotopic (exact) mass is 304 g/mol. The molecule has 6 heteroatoms. The number of sulfonamides is 1. The fourth-order valence-electron chi connectivity index (χ4n) is 1.96. The highest BCUT2D eigenvalue weighted by Gasteiger charge is 2.24. The standard InChI is InChI=1S/C13H24N2O2S2/c1-9(2)5-6-11(4)15-19(16,17)13-10(3)8-18-12(13)7-14/h8-9,11,15H,5-7,14H2,1-4H3. The van der Waals surface area contributed by atoms with Crippen molar-refractivity contribution in [3.05, 3.63) is 15.8 Å². The van der Waals surface area contributed by atoms with Crippen LogP contribution >= 0.6 is 11.3 Å². The molecule has 0 bridgehead atoms. The molecule has 0 aliphatic heterocycles. The fraction of sp³-hybridized carbons (Fsp3) is 0.692. The van der Waals surface area contributed by atoms with Crippen LogP contribution in [0.5, 0.6) is 0 Å². The minimum atomic E-state index is -3.46. The summed E-state index contributed by atoms with van der Waals surface area (Å²) in [7, 11) is -3.46. The van der Waals surface area contributed by atoms with Crippen molar-refractivity contribution < 1.29 is 8.42 Å². The molecule has 1 rings (SSSR count). The van der Waals surface area contributed by atoms with E-state index in [4.69, 9.17) is 5.73 Å². The molecule has 0 amide bonds. The van der Waals surface area contributed by atoms with Gasteiger partial charge in [0.1, 0.15) is 4.90 Å². The number of hydrogen-bond acceptors (Lipinski definition) is 4. The van der Waals surface area contributed by atoms with Gasteiger partial charge in [-0.25, -0.2) is 13.1 Å². The number of rotatable bonds is 7. The Balaban J connectivity index is 2.83. The molecule has 0 aromatic carbocycles. The van der Waals surface area contributed by atoms with E-state index in [1.54, 1.807) is 0 Å². The maximum Gasteiger partial charge on any atom is 0.242 e. The lowest BCUT2D eigenvalue weighted by atomic mass is 10.1. The zero-order chi connectivity index (χ0) is 14.6. The summed E-state index contributed by atoms with van der Waals surface area (Å²) in [6.07, 6.45) is 1.86. The zero-order valence-electron chi connectivity index (χ0n) is 12.1. The van der Waals surface area contributed by atoms with Gasteiger partial charge in [0.05, 0.1) is 0 Å². The van der Waals surface area contributed by atoms with Crippen LogP contribution in [-0.4, -0.2) is 14.5 Å². The van der Waals surface area contributed by atoms with Crippen LogP contribution in [-0.2, 0) is 16.6 Å². The summed E-state index contributed by atoms with van der Waals surface area (Å²) in [5.41, 5.74) is 6.38. The third-order valence-corrected chi connectivity index (χ3v) is 6.05. The van der Waals surface area contributed by atoms with Gasteiger partial charge >= 0.3 is 0 Å². The molecule has 1 heterocycles. The van der Waals surface area contributed by atoms with Crippen LogP contribution in [0.3, 0.4) is 0 Å². The second-order valence-corrected chi connectivity index (χ2v) is 7.98. The van der Waals surface area contributed by atoms with Crippen LogP contribution in [0, 0.1) is 12.8 Å². The van der Waals surface area contributed by atoms with E-state index in [-0.39, 0.29) is 12.6 Å². The van der Waals surface area contributed by atoms with Gasteiger partial charge in [0.15, 0.2) is 0 Å². The van der Waals surface area contributed by atoms with Crippen molar-refractivity contribution in [1.82, 2.24) is 4.72 Å². The lowest BCUT2D eigenvalue weighted by Gasteiger charge is -2.16. The van der Waals surface area contributed by atoms with Crippen molar-refractivity contribution in [1.29, 1.82) is 0 Å². The average molecular weight is 304 g/mol. The Bertz CT molecular complexity index is 507. The Kier molecular flexibility index (Phi) is 5.98. The minimum Gasteiger partial charge on any atom is -0.326 e. The van der Waals surface area contributed by atoms with E-state index in [0.717, 1.165) is 23.3 Å². The highest BCUT2D eigenvalue weighted by Crippen LogP contribution is 2.26. The van der Waals surface area contributed by atoms with E-state index >= 15 is 0 Å². The van der Waals surface area contributed by atoms with Crippen LogP contribution in [0.1, 0.15) is 44.1 Å². The Morgan fingerprint density at radius 2 is 1.95 bits per heavy atom. The maximum atomic E-state index is 12.4. The van der Waals surface area contributed by atoms with Gasteiger partial charge in [-0.05, 0) is 43.6 Å². The lowest BCUT2D eigenvalue weighted by Crippen LogP contribution is -2.33. The summed E-state index contributed by atoms with van der Waals surface area (Å²) in [5, 5.41) is 1.84. The van der Waals surface area contributed by atoms with Gasteiger partial charge < -0.3 is 5.73 Å². The van der Waals surface area contributed by atoms with E-state index in [2.05, 4.69) is 18.6 Å². The number of thiophene rings is 1. The molecular weight excluding hydrogens is 280 g/mol. The first-order valence-corrected chi connectivity index (χ1v) is 8.93. The molecule has 3 N–H and O–H groups in total. The Morgan fingerprint density at radius 1 is 1.32 bits per heavy atom. The van der Waals surface area contributed by atoms with Gasteiger partial charge in [0.2, 0.25) is 10.0 Å². The molecule has 4 nitrogen and oxygen atoms in total. The molecule has 19 heavy (non-hydrogen) atoms. The molecule has 0 fully saturated rings. The van der Waals surface area contributed by atoms with Crippen molar-refractivity contribution in [2.45, 2.75) is 58.0 Å². The molecule has 0 saturated heterocycles. The van der Waals surface area contributed by atoms with E-state index in [0.29, 0.717) is 10.8 Å². The first-order chi connectivity index (χ1) is 8.77. The zero-order valence-corrected chi connectivity index (χ0v) is 13.7. The van der Waals surface area contributed by atoms with Crippen LogP contribution in [0.4, 0.5) is 0 Å². The second-order valence-electron chi connectivity index (χ2n) is 5.37. The van der Waals surface area contributed by atoms with Crippen molar-refractivity contribution in [3.8, 4) is 0 Å². The van der Waals surface area contributed by atoms with E-state index in [1.807, 2.05) is 19.2 Å².